The molecule has 0 fully saturated rings. The van der Waals surface area contributed by atoms with Crippen LogP contribution in [0.4, 0.5) is 8.78 Å². The maximum absolute atomic E-state index is 13.9. The second-order valence-electron chi connectivity index (χ2n) is 4.49. The first-order valence-electron chi connectivity index (χ1n) is 6.19. The average molecular weight is 294 g/mol. The van der Waals surface area contributed by atoms with Crippen molar-refractivity contribution < 1.29 is 8.78 Å². The molecule has 0 atom stereocenters. The number of imidazole rings is 2. The molecule has 0 bridgehead atoms. The monoisotopic (exact) mass is 294 g/mol. The number of hydrogen-bond acceptors (Lipinski definition) is 2. The van der Waals surface area contributed by atoms with Crippen LogP contribution in [0.1, 0.15) is 6.42 Å². The van der Waals surface area contributed by atoms with Gasteiger partial charge in [0, 0.05) is 25.5 Å². The highest BCUT2D eigenvalue weighted by molar-refractivity contribution is 7.71. The molecule has 4 nitrogen and oxygen atoms in total. The number of benzene rings is 1. The first-order chi connectivity index (χ1) is 9.66. The fourth-order valence-electron chi connectivity index (χ4n) is 2.23. The lowest BCUT2D eigenvalue weighted by Crippen LogP contribution is -2.04. The van der Waals surface area contributed by atoms with E-state index >= 15 is 0 Å². The molecule has 0 aliphatic carbocycles. The Morgan fingerprint density at radius 3 is 2.85 bits per heavy atom. The minimum Gasteiger partial charge on any atom is -0.337 e. The number of nitrogens with zero attached hydrogens (tertiary/aromatic N) is 3. The molecule has 1 N–H and O–H groups in total. The van der Waals surface area contributed by atoms with Gasteiger partial charge in [-0.1, -0.05) is 0 Å². The van der Waals surface area contributed by atoms with Crippen LogP contribution in [0.15, 0.2) is 30.9 Å². The molecule has 0 aliphatic heterocycles. The molecule has 7 heteroatoms. The van der Waals surface area contributed by atoms with Gasteiger partial charge in [0.15, 0.2) is 16.4 Å². The average Bonchev–Trinajstić information content (AvgIpc) is 3.03. The van der Waals surface area contributed by atoms with Crippen LogP contribution in [-0.2, 0) is 13.1 Å². The zero-order chi connectivity index (χ0) is 14.1. The van der Waals surface area contributed by atoms with Crippen molar-refractivity contribution in [2.45, 2.75) is 19.5 Å². The van der Waals surface area contributed by atoms with Gasteiger partial charge in [-0.05, 0) is 30.8 Å². The van der Waals surface area contributed by atoms with Gasteiger partial charge in [0.05, 0.1) is 11.8 Å². The number of H-pyrrole nitrogens is 1. The Kier molecular flexibility index (Phi) is 3.35. The lowest BCUT2D eigenvalue weighted by atomic mass is 10.3. The Balaban J connectivity index is 1.89. The van der Waals surface area contributed by atoms with Crippen molar-refractivity contribution in [1.29, 1.82) is 0 Å². The van der Waals surface area contributed by atoms with Crippen LogP contribution in [0.2, 0.25) is 0 Å². The Bertz CT molecular complexity index is 789. The van der Waals surface area contributed by atoms with Crippen LogP contribution >= 0.6 is 12.2 Å². The highest BCUT2D eigenvalue weighted by Gasteiger charge is 2.13. The number of aromatic amines is 1. The number of nitrogens with one attached hydrogen (secondary N) is 1. The Morgan fingerprint density at radius 2 is 2.10 bits per heavy atom. The topological polar surface area (TPSA) is 38.5 Å². The van der Waals surface area contributed by atoms with E-state index in [1.165, 1.54) is 6.07 Å². The van der Waals surface area contributed by atoms with Crippen molar-refractivity contribution >= 4 is 23.3 Å². The van der Waals surface area contributed by atoms with Crippen molar-refractivity contribution in [1.82, 2.24) is 19.1 Å². The lowest BCUT2D eigenvalue weighted by molar-refractivity contribution is 0.506. The fourth-order valence-corrected chi connectivity index (χ4v) is 2.53. The number of halogens is 2. The molecule has 0 radical (unpaired) electrons. The molecule has 1 aromatic carbocycles. The third-order valence-electron chi connectivity index (χ3n) is 3.18. The Labute approximate surface area is 118 Å². The van der Waals surface area contributed by atoms with Crippen LogP contribution in [-0.4, -0.2) is 19.1 Å². The smallest absolute Gasteiger partial charge is 0.184 e. The van der Waals surface area contributed by atoms with E-state index in [-0.39, 0.29) is 5.52 Å². The van der Waals surface area contributed by atoms with E-state index in [1.807, 2.05) is 10.8 Å². The molecular formula is C13H12F2N4S. The number of rotatable bonds is 4. The third kappa shape index (κ3) is 2.24. The molecule has 0 saturated carbocycles. The molecule has 0 unspecified atom stereocenters. The van der Waals surface area contributed by atoms with Gasteiger partial charge in [0.25, 0.3) is 0 Å². The third-order valence-corrected chi connectivity index (χ3v) is 3.51. The van der Waals surface area contributed by atoms with Crippen molar-refractivity contribution in [3.63, 3.8) is 0 Å². The van der Waals surface area contributed by atoms with Gasteiger partial charge in [-0.2, -0.15) is 0 Å². The second-order valence-corrected chi connectivity index (χ2v) is 4.88. The molecule has 0 spiro atoms. The molecular weight excluding hydrogens is 282 g/mol. The van der Waals surface area contributed by atoms with Gasteiger partial charge >= 0.3 is 0 Å². The maximum Gasteiger partial charge on any atom is 0.184 e. The first-order valence-corrected chi connectivity index (χ1v) is 6.60. The standard InChI is InChI=1S/C13H12F2N4S/c14-9-2-3-10-12(11(9)15)19(13(20)17-10)6-1-5-18-7-4-16-8-18/h2-4,7-8H,1,5-6H2,(H,17,20). The van der Waals surface area contributed by atoms with E-state index < -0.39 is 11.6 Å². The largest absolute Gasteiger partial charge is 0.337 e. The van der Waals surface area contributed by atoms with Gasteiger partial charge in [-0.15, -0.1) is 0 Å². The summed E-state index contributed by atoms with van der Waals surface area (Å²) in [7, 11) is 0. The molecule has 0 aliphatic rings. The van der Waals surface area contributed by atoms with Crippen molar-refractivity contribution in [3.8, 4) is 0 Å². The van der Waals surface area contributed by atoms with Crippen LogP contribution in [0.25, 0.3) is 11.0 Å². The first kappa shape index (κ1) is 13.0. The SMILES string of the molecule is Fc1ccc2[nH]c(=S)n(CCCn3ccnc3)c2c1F. The minimum absolute atomic E-state index is 0.195. The molecule has 2 aromatic heterocycles. The summed E-state index contributed by atoms with van der Waals surface area (Å²) < 4.78 is 31.2. The summed E-state index contributed by atoms with van der Waals surface area (Å²) in [5.41, 5.74) is 0.706. The van der Waals surface area contributed by atoms with Gasteiger partial charge in [-0.3, -0.25) is 0 Å². The summed E-state index contributed by atoms with van der Waals surface area (Å²) >= 11 is 5.17. The number of fused-ring (bicyclic) bond motifs is 1. The Hall–Kier alpha value is -2.02. The second kappa shape index (κ2) is 5.16. The summed E-state index contributed by atoms with van der Waals surface area (Å²) in [5.74, 6) is -1.73. The van der Waals surface area contributed by atoms with E-state index in [0.29, 0.717) is 16.8 Å². The predicted octanol–water partition coefficient (Wildman–Crippen LogP) is 3.26. The van der Waals surface area contributed by atoms with Crippen LogP contribution in [0, 0.1) is 16.4 Å². The maximum atomic E-state index is 13.9. The fraction of sp³-hybridized carbons (Fsp3) is 0.231. The molecule has 104 valence electrons. The predicted molar refractivity (Wildman–Crippen MR) is 73.9 cm³/mol. The molecule has 0 saturated heterocycles. The quantitative estimate of drug-likeness (QED) is 0.750. The highest BCUT2D eigenvalue weighted by Crippen LogP contribution is 2.20. The molecule has 0 amide bonds. The van der Waals surface area contributed by atoms with E-state index in [9.17, 15) is 8.78 Å². The van der Waals surface area contributed by atoms with Crippen LogP contribution < -0.4 is 0 Å². The lowest BCUT2D eigenvalue weighted by Gasteiger charge is -2.06. The van der Waals surface area contributed by atoms with Gasteiger partial charge in [-0.25, -0.2) is 13.8 Å². The van der Waals surface area contributed by atoms with Crippen molar-refractivity contribution in [2.24, 2.45) is 0 Å². The highest BCUT2D eigenvalue weighted by atomic mass is 32.1. The van der Waals surface area contributed by atoms with Gasteiger partial charge in [0.2, 0.25) is 0 Å². The summed E-state index contributed by atoms with van der Waals surface area (Å²) in [6, 6.07) is 2.59. The summed E-state index contributed by atoms with van der Waals surface area (Å²) in [6.45, 7) is 1.25. The van der Waals surface area contributed by atoms with Gasteiger partial charge in [0.1, 0.15) is 5.52 Å². The zero-order valence-electron chi connectivity index (χ0n) is 10.5. The zero-order valence-corrected chi connectivity index (χ0v) is 11.3. The van der Waals surface area contributed by atoms with E-state index in [1.54, 1.807) is 17.1 Å². The number of aromatic nitrogens is 4. The number of aryl methyl sites for hydroxylation is 2. The van der Waals surface area contributed by atoms with Crippen molar-refractivity contribution in [2.75, 3.05) is 0 Å². The molecule has 3 aromatic rings. The summed E-state index contributed by atoms with van der Waals surface area (Å²) in [4.78, 5) is 6.84. The van der Waals surface area contributed by atoms with Crippen LogP contribution in [0.5, 0.6) is 0 Å². The van der Waals surface area contributed by atoms with Crippen molar-refractivity contribution in [3.05, 3.63) is 47.3 Å². The minimum atomic E-state index is -0.866. The molecule has 20 heavy (non-hydrogen) atoms. The summed E-state index contributed by atoms with van der Waals surface area (Å²) in [6.07, 6.45) is 6.02. The summed E-state index contributed by atoms with van der Waals surface area (Å²) in [5, 5.41) is 0. The molecule has 3 rings (SSSR count). The number of hydrogen-bond donors (Lipinski definition) is 1. The van der Waals surface area contributed by atoms with E-state index in [4.69, 9.17) is 12.2 Å². The Morgan fingerprint density at radius 1 is 1.25 bits per heavy atom. The normalized spacial score (nSPS) is 11.3. The van der Waals surface area contributed by atoms with Gasteiger partial charge < -0.3 is 14.1 Å². The molecule has 2 heterocycles. The van der Waals surface area contributed by atoms with E-state index in [2.05, 4.69) is 9.97 Å². The van der Waals surface area contributed by atoms with E-state index in [0.717, 1.165) is 19.0 Å². The van der Waals surface area contributed by atoms with Crippen LogP contribution in [0.3, 0.4) is 0 Å².